The second-order valence-electron chi connectivity index (χ2n) is 4.87. The molecule has 0 N–H and O–H groups in total. The van der Waals surface area contributed by atoms with Crippen LogP contribution in [0.5, 0.6) is 0 Å². The maximum Gasteiger partial charge on any atom is 0.232 e. The van der Waals surface area contributed by atoms with Gasteiger partial charge in [0.05, 0.1) is 5.92 Å². The molecule has 2 aromatic rings. The fourth-order valence-electron chi connectivity index (χ4n) is 2.39. The number of hydrogen-bond donors (Lipinski definition) is 0. The van der Waals surface area contributed by atoms with Crippen molar-refractivity contribution < 1.29 is 18.4 Å². The summed E-state index contributed by atoms with van der Waals surface area (Å²) in [5.41, 5.74) is 0.541. The first-order valence-corrected chi connectivity index (χ1v) is 6.54. The lowest BCUT2D eigenvalue weighted by atomic mass is 10.1. The number of carbonyl (C=O) groups excluding carboxylic acids is 1. The van der Waals surface area contributed by atoms with Gasteiger partial charge in [0.15, 0.2) is 5.82 Å². The molecular weight excluding hydrogens is 277 g/mol. The Balaban J connectivity index is 1.77. The number of aromatic nitrogens is 2. The second-order valence-corrected chi connectivity index (χ2v) is 4.87. The zero-order valence-corrected chi connectivity index (χ0v) is 11.5. The van der Waals surface area contributed by atoms with Crippen LogP contribution in [-0.2, 0) is 16.1 Å². The Morgan fingerprint density at radius 3 is 3.14 bits per heavy atom. The lowest BCUT2D eigenvalue weighted by Crippen LogP contribution is -2.24. The smallest absolute Gasteiger partial charge is 0.232 e. The standard InChI is InChI=1S/C14H14FN3O3/c1-20-8-12-16-14(21-17-12)9-5-13(19)18(7-9)11-4-2-3-10(15)6-11/h2-4,6,9H,5,7-8H2,1H3/t9-/m1/s1. The van der Waals surface area contributed by atoms with Gasteiger partial charge in [-0.05, 0) is 18.2 Å². The molecule has 1 aliphatic rings. The van der Waals surface area contributed by atoms with E-state index in [9.17, 15) is 9.18 Å². The van der Waals surface area contributed by atoms with Crippen molar-refractivity contribution in [2.45, 2.75) is 18.9 Å². The zero-order chi connectivity index (χ0) is 14.8. The lowest BCUT2D eigenvalue weighted by Gasteiger charge is -2.15. The Hall–Kier alpha value is -2.28. The monoisotopic (exact) mass is 291 g/mol. The SMILES string of the molecule is COCc1noc([C@@H]2CC(=O)N(c3cccc(F)c3)C2)n1. The summed E-state index contributed by atoms with van der Waals surface area (Å²) in [5.74, 6) is 0.221. The number of nitrogens with zero attached hydrogens (tertiary/aromatic N) is 3. The number of methoxy groups -OCH3 is 1. The highest BCUT2D eigenvalue weighted by Crippen LogP contribution is 2.31. The molecule has 0 aliphatic carbocycles. The van der Waals surface area contributed by atoms with Gasteiger partial charge in [0.2, 0.25) is 11.8 Å². The first-order valence-electron chi connectivity index (χ1n) is 6.54. The zero-order valence-electron chi connectivity index (χ0n) is 11.5. The topological polar surface area (TPSA) is 68.5 Å². The predicted molar refractivity (Wildman–Crippen MR) is 71.1 cm³/mol. The van der Waals surface area contributed by atoms with Crippen LogP contribution in [0.2, 0.25) is 0 Å². The van der Waals surface area contributed by atoms with E-state index in [0.717, 1.165) is 0 Å². The van der Waals surface area contributed by atoms with Crippen LogP contribution in [0.15, 0.2) is 28.8 Å². The van der Waals surface area contributed by atoms with Crippen LogP contribution in [0.3, 0.4) is 0 Å². The number of ether oxygens (including phenoxy) is 1. The van der Waals surface area contributed by atoms with E-state index >= 15 is 0 Å². The number of anilines is 1. The van der Waals surface area contributed by atoms with Gasteiger partial charge < -0.3 is 14.2 Å². The quantitative estimate of drug-likeness (QED) is 0.860. The summed E-state index contributed by atoms with van der Waals surface area (Å²) in [5, 5.41) is 3.79. The van der Waals surface area contributed by atoms with E-state index in [1.807, 2.05) is 0 Å². The van der Waals surface area contributed by atoms with Gasteiger partial charge in [-0.1, -0.05) is 11.2 Å². The van der Waals surface area contributed by atoms with Crippen molar-refractivity contribution >= 4 is 11.6 Å². The molecule has 0 spiro atoms. The number of hydrogen-bond acceptors (Lipinski definition) is 5. The van der Waals surface area contributed by atoms with Crippen molar-refractivity contribution in [1.82, 2.24) is 10.1 Å². The van der Waals surface area contributed by atoms with E-state index < -0.39 is 0 Å². The van der Waals surface area contributed by atoms with Gasteiger partial charge in [-0.3, -0.25) is 4.79 Å². The van der Waals surface area contributed by atoms with Gasteiger partial charge in [-0.2, -0.15) is 4.98 Å². The summed E-state index contributed by atoms with van der Waals surface area (Å²) in [6, 6.07) is 5.96. The van der Waals surface area contributed by atoms with Crippen molar-refractivity contribution in [2.24, 2.45) is 0 Å². The van der Waals surface area contributed by atoms with Gasteiger partial charge in [0, 0.05) is 25.8 Å². The molecule has 1 aromatic heterocycles. The third kappa shape index (κ3) is 2.78. The van der Waals surface area contributed by atoms with Crippen molar-refractivity contribution in [3.63, 3.8) is 0 Å². The van der Waals surface area contributed by atoms with E-state index in [1.165, 1.54) is 17.0 Å². The molecule has 0 radical (unpaired) electrons. The highest BCUT2D eigenvalue weighted by atomic mass is 19.1. The third-order valence-corrected chi connectivity index (χ3v) is 3.35. The van der Waals surface area contributed by atoms with Gasteiger partial charge in [-0.25, -0.2) is 4.39 Å². The normalized spacial score (nSPS) is 18.5. The van der Waals surface area contributed by atoms with Crippen LogP contribution >= 0.6 is 0 Å². The van der Waals surface area contributed by atoms with Crippen molar-refractivity contribution in [3.05, 3.63) is 41.8 Å². The number of halogens is 1. The predicted octanol–water partition coefficient (Wildman–Crippen LogP) is 1.88. The molecule has 2 heterocycles. The average molecular weight is 291 g/mol. The van der Waals surface area contributed by atoms with E-state index in [0.29, 0.717) is 23.9 Å². The molecule has 1 fully saturated rings. The Labute approximate surface area is 120 Å². The highest BCUT2D eigenvalue weighted by molar-refractivity contribution is 5.96. The minimum atomic E-state index is -0.371. The lowest BCUT2D eigenvalue weighted by molar-refractivity contribution is -0.117. The molecule has 110 valence electrons. The molecule has 0 saturated carbocycles. The molecular formula is C14H14FN3O3. The number of rotatable bonds is 4. The van der Waals surface area contributed by atoms with Crippen LogP contribution in [0.25, 0.3) is 0 Å². The van der Waals surface area contributed by atoms with Crippen molar-refractivity contribution in [2.75, 3.05) is 18.6 Å². The Bertz CT molecular complexity index is 658. The Morgan fingerprint density at radius 1 is 1.52 bits per heavy atom. The van der Waals surface area contributed by atoms with Crippen molar-refractivity contribution in [1.29, 1.82) is 0 Å². The van der Waals surface area contributed by atoms with Crippen molar-refractivity contribution in [3.8, 4) is 0 Å². The summed E-state index contributed by atoms with van der Waals surface area (Å²) in [4.78, 5) is 17.8. The summed E-state index contributed by atoms with van der Waals surface area (Å²) in [7, 11) is 1.54. The molecule has 6 nitrogen and oxygen atoms in total. The molecule has 0 unspecified atom stereocenters. The molecule has 1 aliphatic heterocycles. The molecule has 21 heavy (non-hydrogen) atoms. The Morgan fingerprint density at radius 2 is 2.38 bits per heavy atom. The first kappa shape index (κ1) is 13.7. The molecule has 1 amide bonds. The summed E-state index contributed by atoms with van der Waals surface area (Å²) in [6.45, 7) is 0.661. The van der Waals surface area contributed by atoms with E-state index in [1.54, 1.807) is 19.2 Å². The van der Waals surface area contributed by atoms with Crippen LogP contribution in [0.1, 0.15) is 24.1 Å². The average Bonchev–Trinajstić information content (AvgIpc) is 3.06. The molecule has 7 heteroatoms. The van der Waals surface area contributed by atoms with Crippen LogP contribution in [0, 0.1) is 5.82 Å². The summed E-state index contributed by atoms with van der Waals surface area (Å²) < 4.78 is 23.4. The van der Waals surface area contributed by atoms with E-state index in [4.69, 9.17) is 9.26 Å². The molecule has 1 saturated heterocycles. The first-order chi connectivity index (χ1) is 10.2. The molecule has 3 rings (SSSR count). The van der Waals surface area contributed by atoms with Gasteiger partial charge >= 0.3 is 0 Å². The number of carbonyl (C=O) groups is 1. The van der Waals surface area contributed by atoms with E-state index in [2.05, 4.69) is 10.1 Å². The fraction of sp³-hybridized carbons (Fsp3) is 0.357. The second kappa shape index (κ2) is 5.61. The molecule has 1 atom stereocenters. The van der Waals surface area contributed by atoms with E-state index in [-0.39, 0.29) is 30.7 Å². The van der Waals surface area contributed by atoms with Crippen LogP contribution in [0.4, 0.5) is 10.1 Å². The largest absolute Gasteiger partial charge is 0.377 e. The van der Waals surface area contributed by atoms with Crippen LogP contribution in [-0.4, -0.2) is 29.7 Å². The molecule has 0 bridgehead atoms. The number of amides is 1. The Kier molecular flexibility index (Phi) is 3.66. The van der Waals surface area contributed by atoms with Gasteiger partial charge in [0.25, 0.3) is 0 Å². The maximum absolute atomic E-state index is 13.3. The number of benzene rings is 1. The van der Waals surface area contributed by atoms with Gasteiger partial charge in [0.1, 0.15) is 12.4 Å². The highest BCUT2D eigenvalue weighted by Gasteiger charge is 2.35. The fourth-order valence-corrected chi connectivity index (χ4v) is 2.39. The van der Waals surface area contributed by atoms with Crippen LogP contribution < -0.4 is 4.90 Å². The summed E-state index contributed by atoms with van der Waals surface area (Å²) >= 11 is 0. The third-order valence-electron chi connectivity index (χ3n) is 3.35. The molecule has 1 aromatic carbocycles. The minimum absolute atomic E-state index is 0.0860. The maximum atomic E-state index is 13.3. The minimum Gasteiger partial charge on any atom is -0.377 e. The summed E-state index contributed by atoms with van der Waals surface area (Å²) in [6.07, 6.45) is 0.269. The van der Waals surface area contributed by atoms with Gasteiger partial charge in [-0.15, -0.1) is 0 Å².